The Morgan fingerprint density at radius 2 is 1.87 bits per heavy atom. The first-order valence-electron chi connectivity index (χ1n) is 6.19. The summed E-state index contributed by atoms with van der Waals surface area (Å²) >= 11 is 0. The van der Waals surface area contributed by atoms with E-state index in [0.717, 1.165) is 6.54 Å². The van der Waals surface area contributed by atoms with E-state index < -0.39 is 0 Å². The van der Waals surface area contributed by atoms with E-state index >= 15 is 0 Å². The van der Waals surface area contributed by atoms with E-state index in [0.29, 0.717) is 0 Å². The SMILES string of the molecule is CCCCNc1cccc(CCCC)c1. The Kier molecular flexibility index (Phi) is 5.91. The maximum atomic E-state index is 3.46. The summed E-state index contributed by atoms with van der Waals surface area (Å²) in [6.45, 7) is 5.55. The van der Waals surface area contributed by atoms with E-state index in [9.17, 15) is 0 Å². The molecule has 0 bridgehead atoms. The fraction of sp³-hybridized carbons (Fsp3) is 0.571. The Morgan fingerprint density at radius 3 is 2.60 bits per heavy atom. The van der Waals surface area contributed by atoms with Crippen molar-refractivity contribution in [3.63, 3.8) is 0 Å². The molecule has 0 heterocycles. The highest BCUT2D eigenvalue weighted by atomic mass is 14.9. The molecule has 0 saturated heterocycles. The Morgan fingerprint density at radius 1 is 1.07 bits per heavy atom. The number of benzene rings is 1. The van der Waals surface area contributed by atoms with Gasteiger partial charge in [0.25, 0.3) is 0 Å². The van der Waals surface area contributed by atoms with Crippen LogP contribution in [0.3, 0.4) is 0 Å². The first-order chi connectivity index (χ1) is 7.36. The van der Waals surface area contributed by atoms with E-state index in [1.807, 2.05) is 0 Å². The number of hydrogen-bond acceptors (Lipinski definition) is 1. The van der Waals surface area contributed by atoms with Crippen LogP contribution in [0, 0.1) is 0 Å². The number of hydrogen-bond donors (Lipinski definition) is 1. The Bertz CT molecular complexity index is 268. The molecule has 1 rings (SSSR count). The lowest BCUT2D eigenvalue weighted by Crippen LogP contribution is -2.01. The molecule has 1 aromatic rings. The van der Waals surface area contributed by atoms with Crippen LogP contribution in [0.25, 0.3) is 0 Å². The summed E-state index contributed by atoms with van der Waals surface area (Å²) in [5.41, 5.74) is 2.73. The van der Waals surface area contributed by atoms with Crippen LogP contribution in [-0.4, -0.2) is 6.54 Å². The van der Waals surface area contributed by atoms with Gasteiger partial charge in [0, 0.05) is 12.2 Å². The van der Waals surface area contributed by atoms with Gasteiger partial charge in [-0.2, -0.15) is 0 Å². The van der Waals surface area contributed by atoms with Gasteiger partial charge in [-0.05, 0) is 37.0 Å². The second-order valence-electron chi connectivity index (χ2n) is 4.08. The summed E-state index contributed by atoms with van der Waals surface area (Å²) in [6, 6.07) is 8.82. The van der Waals surface area contributed by atoms with Gasteiger partial charge in [-0.25, -0.2) is 0 Å². The second kappa shape index (κ2) is 7.33. The van der Waals surface area contributed by atoms with Gasteiger partial charge in [0.15, 0.2) is 0 Å². The van der Waals surface area contributed by atoms with Gasteiger partial charge in [-0.15, -0.1) is 0 Å². The molecule has 0 aliphatic rings. The predicted octanol–water partition coefficient (Wildman–Crippen LogP) is 4.24. The standard InChI is InChI=1S/C14H23N/c1-3-5-8-13-9-7-10-14(12-13)15-11-6-4-2/h7,9-10,12,15H,3-6,8,11H2,1-2H3. The molecule has 0 aliphatic carbocycles. The topological polar surface area (TPSA) is 12.0 Å². The van der Waals surface area contributed by atoms with Gasteiger partial charge in [0.2, 0.25) is 0 Å². The third-order valence-electron chi connectivity index (χ3n) is 2.61. The Hall–Kier alpha value is -0.980. The molecule has 84 valence electrons. The first-order valence-corrected chi connectivity index (χ1v) is 6.19. The first kappa shape index (κ1) is 12.1. The zero-order valence-electron chi connectivity index (χ0n) is 10.1. The number of unbranched alkanes of at least 4 members (excludes halogenated alkanes) is 2. The van der Waals surface area contributed by atoms with Crippen LogP contribution in [0.1, 0.15) is 45.1 Å². The van der Waals surface area contributed by atoms with Gasteiger partial charge in [-0.1, -0.05) is 38.8 Å². The summed E-state index contributed by atoms with van der Waals surface area (Å²) in [5.74, 6) is 0. The van der Waals surface area contributed by atoms with Crippen LogP contribution >= 0.6 is 0 Å². The normalized spacial score (nSPS) is 10.3. The zero-order valence-corrected chi connectivity index (χ0v) is 10.1. The molecule has 0 aromatic heterocycles. The largest absolute Gasteiger partial charge is 0.385 e. The van der Waals surface area contributed by atoms with E-state index in [2.05, 4.69) is 43.4 Å². The summed E-state index contributed by atoms with van der Waals surface area (Å²) in [5, 5.41) is 3.46. The van der Waals surface area contributed by atoms with Crippen molar-refractivity contribution >= 4 is 5.69 Å². The molecule has 0 fully saturated rings. The summed E-state index contributed by atoms with van der Waals surface area (Å²) in [6.07, 6.45) is 6.27. The van der Waals surface area contributed by atoms with E-state index in [-0.39, 0.29) is 0 Å². The minimum Gasteiger partial charge on any atom is -0.385 e. The van der Waals surface area contributed by atoms with Crippen molar-refractivity contribution in [2.75, 3.05) is 11.9 Å². The molecule has 1 heteroatoms. The Balaban J connectivity index is 2.42. The lowest BCUT2D eigenvalue weighted by molar-refractivity contribution is 0.794. The maximum absolute atomic E-state index is 3.46. The second-order valence-corrected chi connectivity index (χ2v) is 4.08. The van der Waals surface area contributed by atoms with Crippen molar-refractivity contribution in [2.45, 2.75) is 46.0 Å². The van der Waals surface area contributed by atoms with E-state index in [1.54, 1.807) is 0 Å². The summed E-state index contributed by atoms with van der Waals surface area (Å²) in [4.78, 5) is 0. The fourth-order valence-electron chi connectivity index (χ4n) is 1.63. The van der Waals surface area contributed by atoms with Crippen molar-refractivity contribution in [1.29, 1.82) is 0 Å². The van der Waals surface area contributed by atoms with Crippen molar-refractivity contribution in [2.24, 2.45) is 0 Å². The Labute approximate surface area is 93.9 Å². The summed E-state index contributed by atoms with van der Waals surface area (Å²) in [7, 11) is 0. The van der Waals surface area contributed by atoms with Crippen molar-refractivity contribution in [3.8, 4) is 0 Å². The third kappa shape index (κ3) is 4.87. The highest BCUT2D eigenvalue weighted by molar-refractivity contribution is 5.45. The maximum Gasteiger partial charge on any atom is 0.0342 e. The van der Waals surface area contributed by atoms with Crippen LogP contribution in [0.5, 0.6) is 0 Å². The molecule has 0 saturated carbocycles. The molecular formula is C14H23N. The van der Waals surface area contributed by atoms with Crippen LogP contribution in [0.2, 0.25) is 0 Å². The predicted molar refractivity (Wildman–Crippen MR) is 68.5 cm³/mol. The van der Waals surface area contributed by atoms with Gasteiger partial charge in [-0.3, -0.25) is 0 Å². The highest BCUT2D eigenvalue weighted by Crippen LogP contribution is 2.12. The minimum atomic E-state index is 1.09. The molecule has 0 amide bonds. The molecule has 1 N–H and O–H groups in total. The van der Waals surface area contributed by atoms with Crippen molar-refractivity contribution in [1.82, 2.24) is 0 Å². The van der Waals surface area contributed by atoms with Crippen LogP contribution < -0.4 is 5.32 Å². The smallest absolute Gasteiger partial charge is 0.0342 e. The van der Waals surface area contributed by atoms with E-state index in [1.165, 1.54) is 43.4 Å². The molecule has 0 aliphatic heterocycles. The van der Waals surface area contributed by atoms with Crippen molar-refractivity contribution in [3.05, 3.63) is 29.8 Å². The lowest BCUT2D eigenvalue weighted by atomic mass is 10.1. The van der Waals surface area contributed by atoms with Crippen LogP contribution in [0.15, 0.2) is 24.3 Å². The highest BCUT2D eigenvalue weighted by Gasteiger charge is 1.95. The molecule has 0 unspecified atom stereocenters. The summed E-state index contributed by atoms with van der Waals surface area (Å²) < 4.78 is 0. The van der Waals surface area contributed by atoms with Gasteiger partial charge < -0.3 is 5.32 Å². The molecule has 0 atom stereocenters. The molecule has 0 spiro atoms. The average Bonchev–Trinajstić information content (AvgIpc) is 2.27. The van der Waals surface area contributed by atoms with Crippen LogP contribution in [-0.2, 0) is 6.42 Å². The average molecular weight is 205 g/mol. The molecule has 0 radical (unpaired) electrons. The van der Waals surface area contributed by atoms with Gasteiger partial charge >= 0.3 is 0 Å². The van der Waals surface area contributed by atoms with Crippen molar-refractivity contribution < 1.29 is 0 Å². The molecule has 15 heavy (non-hydrogen) atoms. The number of anilines is 1. The number of rotatable bonds is 7. The third-order valence-corrected chi connectivity index (χ3v) is 2.61. The monoisotopic (exact) mass is 205 g/mol. The lowest BCUT2D eigenvalue weighted by Gasteiger charge is -2.07. The van der Waals surface area contributed by atoms with E-state index in [4.69, 9.17) is 0 Å². The molecule has 1 nitrogen and oxygen atoms in total. The quantitative estimate of drug-likeness (QED) is 0.656. The zero-order chi connectivity index (χ0) is 10.9. The molecule has 1 aromatic carbocycles. The van der Waals surface area contributed by atoms with Gasteiger partial charge in [0.1, 0.15) is 0 Å². The van der Waals surface area contributed by atoms with Gasteiger partial charge in [0.05, 0.1) is 0 Å². The van der Waals surface area contributed by atoms with Crippen LogP contribution in [0.4, 0.5) is 5.69 Å². The molecular weight excluding hydrogens is 182 g/mol. The number of nitrogens with one attached hydrogen (secondary N) is 1. The number of aryl methyl sites for hydroxylation is 1. The fourth-order valence-corrected chi connectivity index (χ4v) is 1.63. The minimum absolute atomic E-state index is 1.09.